The Balaban J connectivity index is 5.03. The van der Waals surface area contributed by atoms with E-state index in [-0.39, 0.29) is 49.3 Å². The van der Waals surface area contributed by atoms with Gasteiger partial charge in [-0.15, -0.1) is 23.5 Å². The van der Waals surface area contributed by atoms with Crippen molar-refractivity contribution < 1.29 is 78.5 Å². The number of aliphatic hydroxyl groups excluding tert-OH is 4. The van der Waals surface area contributed by atoms with E-state index < -0.39 is 110 Å². The van der Waals surface area contributed by atoms with E-state index in [1.807, 2.05) is 5.32 Å². The molecule has 280 valence electrons. The summed E-state index contributed by atoms with van der Waals surface area (Å²) in [6.07, 6.45) is -4.53. The first kappa shape index (κ1) is 45.3. The molecule has 0 radical (unpaired) electrons. The number of carboxylic acid groups (broad SMARTS) is 2. The van der Waals surface area contributed by atoms with Crippen molar-refractivity contribution in [3.8, 4) is 0 Å². The van der Waals surface area contributed by atoms with Crippen LogP contribution in [0.1, 0.15) is 19.3 Å². The van der Waals surface area contributed by atoms with Crippen LogP contribution in [0.4, 0.5) is 0 Å². The number of hydrogen-bond acceptors (Lipinski definition) is 17. The van der Waals surface area contributed by atoms with Crippen LogP contribution in [0.5, 0.6) is 0 Å². The van der Waals surface area contributed by atoms with Crippen LogP contribution in [0, 0.1) is 0 Å². The van der Waals surface area contributed by atoms with Gasteiger partial charge in [0, 0.05) is 11.5 Å². The smallest absolute Gasteiger partial charge is 0.326 e. The van der Waals surface area contributed by atoms with Crippen molar-refractivity contribution in [1.82, 2.24) is 21.3 Å². The normalized spacial score (nSPS) is 13.8. The van der Waals surface area contributed by atoms with Crippen LogP contribution in [0.3, 0.4) is 0 Å². The zero-order valence-electron chi connectivity index (χ0n) is 26.2. The van der Waals surface area contributed by atoms with Gasteiger partial charge in [-0.2, -0.15) is 0 Å². The highest BCUT2D eigenvalue weighted by Crippen LogP contribution is 2.05. The minimum atomic E-state index is -1.92. The highest BCUT2D eigenvalue weighted by Gasteiger charge is 2.30. The summed E-state index contributed by atoms with van der Waals surface area (Å²) >= 11 is 2.02. The molecule has 21 nitrogen and oxygen atoms in total. The van der Waals surface area contributed by atoms with Gasteiger partial charge in [-0.05, 0) is 0 Å². The molecule has 0 bridgehead atoms. The van der Waals surface area contributed by atoms with E-state index in [9.17, 15) is 53.7 Å². The van der Waals surface area contributed by atoms with Crippen molar-refractivity contribution in [3.05, 3.63) is 0 Å². The number of rotatable bonds is 27. The first-order chi connectivity index (χ1) is 23.1. The van der Waals surface area contributed by atoms with Crippen LogP contribution in [-0.2, 0) is 47.8 Å². The molecular weight excluding hydrogens is 702 g/mol. The van der Waals surface area contributed by atoms with Crippen LogP contribution in [-0.4, -0.2) is 171 Å². The Kier molecular flexibility index (Phi) is 24.2. The Morgan fingerprint density at radius 1 is 0.653 bits per heavy atom. The molecule has 0 spiro atoms. The maximum Gasteiger partial charge on any atom is 0.326 e. The molecule has 0 fully saturated rings. The van der Waals surface area contributed by atoms with Gasteiger partial charge in [0.2, 0.25) is 23.6 Å². The van der Waals surface area contributed by atoms with Crippen molar-refractivity contribution in [3.63, 3.8) is 0 Å². The van der Waals surface area contributed by atoms with Gasteiger partial charge in [0.1, 0.15) is 25.3 Å². The predicted octanol–water partition coefficient (Wildman–Crippen LogP) is -5.89. The quantitative estimate of drug-likeness (QED) is 0.0275. The number of thioether (sulfide) groups is 2. The number of aliphatic carboxylic acids is 2. The van der Waals surface area contributed by atoms with E-state index >= 15 is 0 Å². The number of carboxylic acids is 2. The molecule has 0 aromatic rings. The third-order valence-electron chi connectivity index (χ3n) is 5.61. The second-order valence-corrected chi connectivity index (χ2v) is 12.0. The predicted molar refractivity (Wildman–Crippen MR) is 170 cm³/mol. The zero-order chi connectivity index (χ0) is 37.4. The summed E-state index contributed by atoms with van der Waals surface area (Å²) in [5.74, 6) is -8.67. The summed E-state index contributed by atoms with van der Waals surface area (Å²) in [4.78, 5) is 96.0. The van der Waals surface area contributed by atoms with Gasteiger partial charge in [-0.1, -0.05) is 0 Å². The van der Waals surface area contributed by atoms with Crippen LogP contribution < -0.4 is 27.0 Å². The van der Waals surface area contributed by atoms with Gasteiger partial charge in [-0.3, -0.25) is 33.6 Å². The molecular formula is C26H43N5O16S2. The fourth-order valence-corrected chi connectivity index (χ4v) is 4.72. The number of aliphatic hydroxyl groups is 4. The van der Waals surface area contributed by atoms with Crippen molar-refractivity contribution in [1.29, 1.82) is 0 Å². The molecule has 0 aromatic carbocycles. The van der Waals surface area contributed by atoms with Gasteiger partial charge in [0.25, 0.3) is 0 Å². The Bertz CT molecular complexity index is 1120. The number of amides is 4. The lowest BCUT2D eigenvalue weighted by Gasteiger charge is -2.21. The second kappa shape index (κ2) is 26.2. The molecule has 49 heavy (non-hydrogen) atoms. The van der Waals surface area contributed by atoms with Crippen molar-refractivity contribution >= 4 is 71.0 Å². The molecule has 0 heterocycles. The van der Waals surface area contributed by atoms with Crippen molar-refractivity contribution in [2.45, 2.75) is 49.6 Å². The number of carbonyl (C=O) groups is 8. The fourth-order valence-electron chi connectivity index (χ4n) is 3.23. The molecule has 0 aliphatic rings. The average Bonchev–Trinajstić information content (AvgIpc) is 3.03. The van der Waals surface area contributed by atoms with E-state index in [1.165, 1.54) is 0 Å². The highest BCUT2D eigenvalue weighted by atomic mass is 32.2. The fraction of sp³-hybridized carbons (Fsp3) is 0.692. The van der Waals surface area contributed by atoms with Gasteiger partial charge in [0.05, 0.1) is 75.3 Å². The zero-order valence-corrected chi connectivity index (χ0v) is 27.9. The standard InChI is InChI=1S/C26H43N5O16S2/c27-16(24(42)29-2-4-47-23(41)13-49-11-15(35)9-33)5-20(37)30-17(25(43)31-18(26(44)45)7-21(38)39)6-19(36)28-1-3-46-22(40)12-48-10-14(34)8-32/h14-18,32-35H,1-13,27H2,(H,28,36)(H,29,42)(H,30,37)(H,31,43)(H,38,39)(H,44,45). The Hall–Kier alpha value is -3.74. The Labute approximate surface area is 288 Å². The molecule has 5 unspecified atom stereocenters. The summed E-state index contributed by atoms with van der Waals surface area (Å²) < 4.78 is 9.79. The lowest BCUT2D eigenvalue weighted by molar-refractivity contribution is -0.147. The Morgan fingerprint density at radius 2 is 1.16 bits per heavy atom. The molecule has 0 rings (SSSR count). The van der Waals surface area contributed by atoms with E-state index in [0.717, 1.165) is 23.5 Å². The number of ether oxygens (including phenoxy) is 2. The van der Waals surface area contributed by atoms with Gasteiger partial charge < -0.3 is 67.1 Å². The lowest BCUT2D eigenvalue weighted by Crippen LogP contribution is -2.54. The summed E-state index contributed by atoms with van der Waals surface area (Å²) in [5.41, 5.74) is 5.74. The van der Waals surface area contributed by atoms with E-state index in [0.29, 0.717) is 0 Å². The van der Waals surface area contributed by atoms with Gasteiger partial charge >= 0.3 is 23.9 Å². The maximum absolute atomic E-state index is 12.8. The first-order valence-electron chi connectivity index (χ1n) is 14.5. The molecule has 0 saturated heterocycles. The number of esters is 2. The van der Waals surface area contributed by atoms with E-state index in [2.05, 4.69) is 16.0 Å². The summed E-state index contributed by atoms with van der Waals surface area (Å²) in [6.45, 7) is -1.91. The number of carbonyl (C=O) groups excluding carboxylic acids is 6. The molecule has 0 aromatic heterocycles. The lowest BCUT2D eigenvalue weighted by atomic mass is 10.1. The second-order valence-electron chi connectivity index (χ2n) is 9.92. The van der Waals surface area contributed by atoms with Crippen LogP contribution in [0.25, 0.3) is 0 Å². The summed E-state index contributed by atoms with van der Waals surface area (Å²) in [6, 6.07) is -5.16. The molecule has 4 amide bonds. The molecule has 0 saturated carbocycles. The number of nitrogens with two attached hydrogens (primary N) is 1. The highest BCUT2D eigenvalue weighted by molar-refractivity contribution is 8.00. The Morgan fingerprint density at radius 3 is 1.63 bits per heavy atom. The minimum Gasteiger partial charge on any atom is -0.481 e. The molecule has 5 atom stereocenters. The van der Waals surface area contributed by atoms with Crippen LogP contribution in [0.15, 0.2) is 0 Å². The molecule has 12 N–H and O–H groups in total. The van der Waals surface area contributed by atoms with Crippen molar-refractivity contribution in [2.24, 2.45) is 5.73 Å². The topological polar surface area (TPSA) is 351 Å². The monoisotopic (exact) mass is 745 g/mol. The third kappa shape index (κ3) is 23.3. The van der Waals surface area contributed by atoms with Crippen LogP contribution in [0.2, 0.25) is 0 Å². The molecule has 23 heteroatoms. The van der Waals surface area contributed by atoms with Crippen LogP contribution >= 0.6 is 23.5 Å². The largest absolute Gasteiger partial charge is 0.481 e. The summed E-state index contributed by atoms with van der Waals surface area (Å²) in [7, 11) is 0. The van der Waals surface area contributed by atoms with Crippen molar-refractivity contribution in [2.75, 3.05) is 62.5 Å². The SMILES string of the molecule is NC(CC(=O)NC(CC(=O)NCCOC(=O)CSCC(O)CO)C(=O)NC(CC(=O)O)C(=O)O)C(=O)NCCOC(=O)CSCC(O)CO. The first-order valence-corrected chi connectivity index (χ1v) is 16.8. The third-order valence-corrected chi connectivity index (χ3v) is 7.73. The van der Waals surface area contributed by atoms with Gasteiger partial charge in [-0.25, -0.2) is 4.79 Å². The van der Waals surface area contributed by atoms with E-state index in [4.69, 9.17) is 30.5 Å². The number of nitrogens with one attached hydrogen (secondary N) is 4. The minimum absolute atomic E-state index is 0.0834. The van der Waals surface area contributed by atoms with E-state index in [1.54, 1.807) is 0 Å². The average molecular weight is 746 g/mol. The summed E-state index contributed by atoms with van der Waals surface area (Å²) in [5, 5.41) is 62.9. The molecule has 0 aliphatic heterocycles. The molecule has 0 aliphatic carbocycles. The van der Waals surface area contributed by atoms with Gasteiger partial charge in [0.15, 0.2) is 0 Å². The maximum atomic E-state index is 12.8. The number of hydrogen-bond donors (Lipinski definition) is 11.